The molecule has 1 saturated heterocycles. The summed E-state index contributed by atoms with van der Waals surface area (Å²) < 4.78 is 17.3. The van der Waals surface area contributed by atoms with Crippen molar-refractivity contribution < 1.29 is 11.4 Å². The molecule has 0 radical (unpaired) electrons. The predicted octanol–water partition coefficient (Wildman–Crippen LogP) is 2.64. The van der Waals surface area contributed by atoms with Crippen LogP contribution in [0.1, 0.15) is 47.0 Å². The van der Waals surface area contributed by atoms with E-state index in [9.17, 15) is 0 Å². The third kappa shape index (κ3) is 4.42. The first-order valence-electron chi connectivity index (χ1n) is 6.09. The number of hydrogen-bond acceptors (Lipinski definition) is 3. The van der Waals surface area contributed by atoms with E-state index in [4.69, 9.17) is 11.4 Å². The van der Waals surface area contributed by atoms with Crippen LogP contribution in [-0.2, 0) is 11.4 Å². The van der Waals surface area contributed by atoms with Gasteiger partial charge in [0.1, 0.15) is 0 Å². The second kappa shape index (κ2) is 6.88. The molecular formula is C11H23AlO3. The van der Waals surface area contributed by atoms with Gasteiger partial charge in [0.25, 0.3) is 0 Å². The van der Waals surface area contributed by atoms with E-state index < -0.39 is 15.1 Å². The topological polar surface area (TPSA) is 27.7 Å². The molecule has 0 saturated carbocycles. The van der Waals surface area contributed by atoms with E-state index in [1.165, 1.54) is 6.42 Å². The zero-order valence-electron chi connectivity index (χ0n) is 10.4. The molecule has 2 unspecified atom stereocenters. The smallest absolute Gasteiger partial charge is 0.454 e. The van der Waals surface area contributed by atoms with E-state index in [1.807, 2.05) is 13.8 Å². The molecule has 0 amide bonds. The van der Waals surface area contributed by atoms with Crippen LogP contribution < -0.4 is 0 Å². The van der Waals surface area contributed by atoms with Gasteiger partial charge in [0.2, 0.25) is 0 Å². The molecule has 2 atom stereocenters. The minimum atomic E-state index is -1.83. The average molecular weight is 230 g/mol. The molecule has 0 spiro atoms. The van der Waals surface area contributed by atoms with Crippen LogP contribution in [0.2, 0.25) is 0 Å². The molecule has 1 heterocycles. The standard InChI is InChI=1S/C8H16O2.C3H7O.Al/c1-3-5-8(10)7(4-2)6-9;1-3(2)4;/h7-8H,3-6H2,1-2H3;3H,1-2H3;/q-2;-1;+3. The third-order valence-electron chi connectivity index (χ3n) is 2.74. The molecule has 15 heavy (non-hydrogen) atoms. The number of hydrogen-bond donors (Lipinski definition) is 0. The monoisotopic (exact) mass is 230 g/mol. The Morgan fingerprint density at radius 2 is 2.13 bits per heavy atom. The second-order valence-corrected chi connectivity index (χ2v) is 5.89. The van der Waals surface area contributed by atoms with E-state index in [-0.39, 0.29) is 6.10 Å². The van der Waals surface area contributed by atoms with E-state index >= 15 is 0 Å². The quantitative estimate of drug-likeness (QED) is 0.679. The fraction of sp³-hybridized carbons (Fsp3) is 1.00. The third-order valence-corrected chi connectivity index (χ3v) is 4.54. The molecule has 0 aromatic rings. The molecule has 4 heteroatoms. The van der Waals surface area contributed by atoms with Crippen LogP contribution in [0.3, 0.4) is 0 Å². The lowest BCUT2D eigenvalue weighted by molar-refractivity contribution is -0.0457. The minimum absolute atomic E-state index is 0.210. The lowest BCUT2D eigenvalue weighted by atomic mass is 9.97. The Morgan fingerprint density at radius 1 is 1.40 bits per heavy atom. The Bertz CT molecular complexity index is 175. The van der Waals surface area contributed by atoms with Crippen LogP contribution in [0.4, 0.5) is 0 Å². The Hall–Kier alpha value is 0.412. The summed E-state index contributed by atoms with van der Waals surface area (Å²) in [5, 5.41) is 0. The summed E-state index contributed by atoms with van der Waals surface area (Å²) >= 11 is -1.83. The summed E-state index contributed by atoms with van der Waals surface area (Å²) in [5.74, 6) is 0.560. The van der Waals surface area contributed by atoms with Crippen molar-refractivity contribution in [3.8, 4) is 0 Å². The predicted molar refractivity (Wildman–Crippen MR) is 61.5 cm³/mol. The molecule has 1 rings (SSSR count). The molecule has 0 aromatic carbocycles. The molecule has 0 N–H and O–H groups in total. The van der Waals surface area contributed by atoms with Gasteiger partial charge in [0.15, 0.2) is 0 Å². The second-order valence-electron chi connectivity index (χ2n) is 4.44. The van der Waals surface area contributed by atoms with Gasteiger partial charge in [-0.1, -0.05) is 20.3 Å². The van der Waals surface area contributed by atoms with Gasteiger partial charge in [-0.05, 0) is 26.7 Å². The van der Waals surface area contributed by atoms with Crippen molar-refractivity contribution >= 4 is 15.1 Å². The van der Waals surface area contributed by atoms with Gasteiger partial charge in [-0.25, -0.2) is 0 Å². The van der Waals surface area contributed by atoms with Crippen molar-refractivity contribution in [3.63, 3.8) is 0 Å². The summed E-state index contributed by atoms with van der Waals surface area (Å²) in [6.45, 7) is 9.28. The van der Waals surface area contributed by atoms with Crippen molar-refractivity contribution in [3.05, 3.63) is 0 Å². The first-order valence-corrected chi connectivity index (χ1v) is 7.51. The van der Waals surface area contributed by atoms with Gasteiger partial charge in [-0.15, -0.1) is 0 Å². The fourth-order valence-corrected chi connectivity index (χ4v) is 3.58. The Labute approximate surface area is 98.5 Å². The zero-order valence-corrected chi connectivity index (χ0v) is 11.5. The van der Waals surface area contributed by atoms with Crippen molar-refractivity contribution in [2.75, 3.05) is 6.61 Å². The Morgan fingerprint density at radius 3 is 2.67 bits per heavy atom. The molecule has 0 aliphatic carbocycles. The van der Waals surface area contributed by atoms with E-state index in [0.29, 0.717) is 12.0 Å². The van der Waals surface area contributed by atoms with Gasteiger partial charge in [-0.2, -0.15) is 0 Å². The molecule has 0 bridgehead atoms. The molecule has 1 fully saturated rings. The fourth-order valence-electron chi connectivity index (χ4n) is 1.87. The molecule has 1 aliphatic heterocycles. The molecule has 88 valence electrons. The highest BCUT2D eigenvalue weighted by atomic mass is 27.3. The minimum Gasteiger partial charge on any atom is -0.454 e. The molecular weight excluding hydrogens is 207 g/mol. The summed E-state index contributed by atoms with van der Waals surface area (Å²) in [7, 11) is 0. The highest BCUT2D eigenvalue weighted by molar-refractivity contribution is 6.36. The van der Waals surface area contributed by atoms with Crippen LogP contribution in [0.15, 0.2) is 0 Å². The lowest BCUT2D eigenvalue weighted by Gasteiger charge is -2.34. The van der Waals surface area contributed by atoms with Crippen LogP contribution in [-0.4, -0.2) is 34.0 Å². The first-order chi connectivity index (χ1) is 7.17. The van der Waals surface area contributed by atoms with Gasteiger partial charge in [-0.3, -0.25) is 0 Å². The van der Waals surface area contributed by atoms with E-state index in [1.54, 1.807) is 0 Å². The average Bonchev–Trinajstić information content (AvgIpc) is 2.18. The highest BCUT2D eigenvalue weighted by Crippen LogP contribution is 2.24. The normalized spacial score (nSPS) is 27.4. The lowest BCUT2D eigenvalue weighted by Crippen LogP contribution is -2.45. The first kappa shape index (κ1) is 13.5. The zero-order chi connectivity index (χ0) is 11.3. The van der Waals surface area contributed by atoms with Crippen LogP contribution in [0.5, 0.6) is 0 Å². The van der Waals surface area contributed by atoms with Crippen molar-refractivity contribution in [1.82, 2.24) is 0 Å². The van der Waals surface area contributed by atoms with Crippen molar-refractivity contribution in [1.29, 1.82) is 0 Å². The Kier molecular flexibility index (Phi) is 6.18. The number of rotatable bonds is 5. The van der Waals surface area contributed by atoms with Gasteiger partial charge in [0, 0.05) is 24.7 Å². The molecule has 1 aliphatic rings. The summed E-state index contributed by atoms with van der Waals surface area (Å²) in [5.41, 5.74) is 0. The SMILES string of the molecule is CCCC1[O][Al]([O]C(C)C)[O]CC1CC. The van der Waals surface area contributed by atoms with Gasteiger partial charge >= 0.3 is 15.1 Å². The van der Waals surface area contributed by atoms with Crippen LogP contribution in [0, 0.1) is 5.92 Å². The van der Waals surface area contributed by atoms with Gasteiger partial charge < -0.3 is 11.4 Å². The molecule has 3 nitrogen and oxygen atoms in total. The van der Waals surface area contributed by atoms with Crippen LogP contribution in [0.25, 0.3) is 0 Å². The maximum absolute atomic E-state index is 5.94. The van der Waals surface area contributed by atoms with Crippen LogP contribution >= 0.6 is 0 Å². The maximum atomic E-state index is 5.94. The van der Waals surface area contributed by atoms with E-state index in [0.717, 1.165) is 19.4 Å². The highest BCUT2D eigenvalue weighted by Gasteiger charge is 2.42. The van der Waals surface area contributed by atoms with Crippen molar-refractivity contribution in [2.24, 2.45) is 5.92 Å². The summed E-state index contributed by atoms with van der Waals surface area (Å²) in [4.78, 5) is 0. The summed E-state index contributed by atoms with van der Waals surface area (Å²) in [6.07, 6.45) is 4.01. The van der Waals surface area contributed by atoms with Crippen molar-refractivity contribution in [2.45, 2.75) is 59.2 Å². The Balaban J connectivity index is 2.42. The van der Waals surface area contributed by atoms with E-state index in [2.05, 4.69) is 13.8 Å². The summed E-state index contributed by atoms with van der Waals surface area (Å²) in [6, 6.07) is 0. The van der Waals surface area contributed by atoms with Gasteiger partial charge in [0.05, 0.1) is 0 Å². The largest absolute Gasteiger partial charge is 0.906 e. The molecule has 0 aromatic heterocycles. The maximum Gasteiger partial charge on any atom is 0.906 e.